The second-order valence-corrected chi connectivity index (χ2v) is 6.89. The number of carbonyl (C=O) groups is 2. The molecule has 0 spiro atoms. The number of rotatable bonds is 10. The van der Waals surface area contributed by atoms with Crippen LogP contribution in [-0.2, 0) is 6.54 Å². The maximum absolute atomic E-state index is 12.3. The standard InChI is InChI=1S/C20H23N7O6/c1-4-32-15-8-6-5-7-14(15)18(28)21-9-10-22-19(29)20-23-16(25-33-20)11-26-13(3)17(27(30)31)12(2)24-26/h5-8H,4,9-11H2,1-3H3,(H,21,28)(H,22,29). The van der Waals surface area contributed by atoms with Crippen LogP contribution in [0, 0.1) is 24.0 Å². The highest BCUT2D eigenvalue weighted by Crippen LogP contribution is 2.22. The van der Waals surface area contributed by atoms with Gasteiger partial charge in [0.15, 0.2) is 5.82 Å². The predicted octanol–water partition coefficient (Wildman–Crippen LogP) is 1.40. The number of hydrogen-bond acceptors (Lipinski definition) is 9. The molecular weight excluding hydrogens is 434 g/mol. The fraction of sp³-hybridized carbons (Fsp3) is 0.350. The van der Waals surface area contributed by atoms with E-state index < -0.39 is 10.8 Å². The first-order valence-electron chi connectivity index (χ1n) is 10.1. The number of nitro groups is 1. The molecule has 33 heavy (non-hydrogen) atoms. The van der Waals surface area contributed by atoms with Crippen molar-refractivity contribution >= 4 is 17.5 Å². The zero-order valence-electron chi connectivity index (χ0n) is 18.3. The van der Waals surface area contributed by atoms with Gasteiger partial charge in [0.1, 0.15) is 23.7 Å². The molecular formula is C20H23N7O6. The second-order valence-electron chi connectivity index (χ2n) is 6.89. The third kappa shape index (κ3) is 5.50. The van der Waals surface area contributed by atoms with E-state index >= 15 is 0 Å². The Bertz CT molecular complexity index is 1170. The lowest BCUT2D eigenvalue weighted by Crippen LogP contribution is -2.35. The molecule has 0 fully saturated rings. The van der Waals surface area contributed by atoms with Crippen LogP contribution in [0.3, 0.4) is 0 Å². The fourth-order valence-corrected chi connectivity index (χ4v) is 3.11. The van der Waals surface area contributed by atoms with Gasteiger partial charge in [-0.2, -0.15) is 10.1 Å². The summed E-state index contributed by atoms with van der Waals surface area (Å²) < 4.78 is 11.8. The van der Waals surface area contributed by atoms with Gasteiger partial charge in [0.2, 0.25) is 0 Å². The Hall–Kier alpha value is -4.29. The van der Waals surface area contributed by atoms with E-state index in [0.29, 0.717) is 23.6 Å². The number of hydrogen-bond donors (Lipinski definition) is 2. The van der Waals surface area contributed by atoms with Crippen molar-refractivity contribution < 1.29 is 23.8 Å². The summed E-state index contributed by atoms with van der Waals surface area (Å²) in [5, 5.41) is 24.2. The van der Waals surface area contributed by atoms with Gasteiger partial charge in [-0.25, -0.2) is 0 Å². The number of aromatic nitrogens is 4. The Morgan fingerprint density at radius 1 is 1.18 bits per heavy atom. The van der Waals surface area contributed by atoms with Gasteiger partial charge in [0.25, 0.3) is 5.91 Å². The van der Waals surface area contributed by atoms with Crippen LogP contribution in [0.5, 0.6) is 5.75 Å². The van der Waals surface area contributed by atoms with Crippen molar-refractivity contribution in [3.8, 4) is 5.75 Å². The number of nitrogens with zero attached hydrogens (tertiary/aromatic N) is 5. The number of nitrogens with one attached hydrogen (secondary N) is 2. The van der Waals surface area contributed by atoms with E-state index in [1.54, 1.807) is 31.2 Å². The minimum absolute atomic E-state index is 0.00654. The van der Waals surface area contributed by atoms with Crippen LogP contribution in [0.4, 0.5) is 5.69 Å². The topological polar surface area (TPSA) is 167 Å². The van der Waals surface area contributed by atoms with E-state index in [0.717, 1.165) is 0 Å². The Labute approximate surface area is 188 Å². The van der Waals surface area contributed by atoms with Crippen LogP contribution in [0.1, 0.15) is 45.2 Å². The minimum atomic E-state index is -0.614. The quantitative estimate of drug-likeness (QED) is 0.260. The predicted molar refractivity (Wildman–Crippen MR) is 114 cm³/mol. The smallest absolute Gasteiger partial charge is 0.316 e. The number of aryl methyl sites for hydroxylation is 1. The summed E-state index contributed by atoms with van der Waals surface area (Å²) in [4.78, 5) is 39.2. The van der Waals surface area contributed by atoms with Gasteiger partial charge in [-0.05, 0) is 32.9 Å². The Morgan fingerprint density at radius 3 is 2.55 bits per heavy atom. The molecule has 1 aromatic carbocycles. The molecule has 0 atom stereocenters. The molecule has 0 saturated carbocycles. The zero-order chi connectivity index (χ0) is 24.0. The maximum atomic E-state index is 12.3. The third-order valence-electron chi connectivity index (χ3n) is 4.61. The molecule has 174 valence electrons. The molecule has 0 bridgehead atoms. The van der Waals surface area contributed by atoms with Crippen LogP contribution in [0.15, 0.2) is 28.8 Å². The third-order valence-corrected chi connectivity index (χ3v) is 4.61. The lowest BCUT2D eigenvalue weighted by molar-refractivity contribution is -0.386. The molecule has 0 aliphatic heterocycles. The van der Waals surface area contributed by atoms with Crippen LogP contribution in [0.2, 0.25) is 0 Å². The van der Waals surface area contributed by atoms with Gasteiger partial charge >= 0.3 is 17.5 Å². The SMILES string of the molecule is CCOc1ccccc1C(=O)NCCNC(=O)c1nc(Cn2nc(C)c([N+](=O)[O-])c2C)no1. The van der Waals surface area contributed by atoms with Crippen molar-refractivity contribution in [1.82, 2.24) is 30.6 Å². The second kappa shape index (κ2) is 10.3. The summed E-state index contributed by atoms with van der Waals surface area (Å²) >= 11 is 0. The van der Waals surface area contributed by atoms with Gasteiger partial charge in [-0.15, -0.1) is 0 Å². The first-order valence-corrected chi connectivity index (χ1v) is 10.1. The highest BCUT2D eigenvalue weighted by Gasteiger charge is 2.23. The lowest BCUT2D eigenvalue weighted by atomic mass is 10.2. The average Bonchev–Trinajstić information content (AvgIpc) is 3.35. The minimum Gasteiger partial charge on any atom is -0.493 e. The monoisotopic (exact) mass is 457 g/mol. The highest BCUT2D eigenvalue weighted by molar-refractivity contribution is 5.97. The lowest BCUT2D eigenvalue weighted by Gasteiger charge is -2.10. The molecule has 13 heteroatoms. The van der Waals surface area contributed by atoms with Crippen molar-refractivity contribution in [1.29, 1.82) is 0 Å². The van der Waals surface area contributed by atoms with Crippen LogP contribution in [-0.4, -0.2) is 56.4 Å². The van der Waals surface area contributed by atoms with Crippen LogP contribution >= 0.6 is 0 Å². The number of carbonyl (C=O) groups excluding carboxylic acids is 2. The summed E-state index contributed by atoms with van der Waals surface area (Å²) in [5.41, 5.74) is 0.929. The van der Waals surface area contributed by atoms with Crippen LogP contribution < -0.4 is 15.4 Å². The van der Waals surface area contributed by atoms with Gasteiger partial charge in [0.05, 0.1) is 17.1 Å². The Balaban J connectivity index is 1.51. The molecule has 2 N–H and O–H groups in total. The molecule has 3 aromatic rings. The molecule has 0 unspecified atom stereocenters. The Kier molecular flexibility index (Phi) is 7.33. The summed E-state index contributed by atoms with van der Waals surface area (Å²) in [7, 11) is 0. The normalized spacial score (nSPS) is 10.6. The summed E-state index contributed by atoms with van der Waals surface area (Å²) in [6.45, 7) is 5.66. The molecule has 2 amide bonds. The molecule has 0 aliphatic carbocycles. The molecule has 0 aliphatic rings. The number of ether oxygens (including phenoxy) is 1. The zero-order valence-corrected chi connectivity index (χ0v) is 18.3. The molecule has 13 nitrogen and oxygen atoms in total. The first-order chi connectivity index (χ1) is 15.8. The van der Waals surface area contributed by atoms with Crippen LogP contribution in [0.25, 0.3) is 0 Å². The summed E-state index contributed by atoms with van der Waals surface area (Å²) in [6.07, 6.45) is 0. The van der Waals surface area contributed by atoms with Crippen molar-refractivity contribution in [3.05, 3.63) is 63.0 Å². The Morgan fingerprint density at radius 2 is 1.88 bits per heavy atom. The van der Waals surface area contributed by atoms with E-state index in [1.165, 1.54) is 11.6 Å². The van der Waals surface area contributed by atoms with E-state index in [9.17, 15) is 19.7 Å². The largest absolute Gasteiger partial charge is 0.493 e. The van der Waals surface area contributed by atoms with Crippen molar-refractivity contribution in [3.63, 3.8) is 0 Å². The highest BCUT2D eigenvalue weighted by atomic mass is 16.6. The average molecular weight is 457 g/mol. The molecule has 0 radical (unpaired) electrons. The van der Waals surface area contributed by atoms with Crippen molar-refractivity contribution in [2.45, 2.75) is 27.3 Å². The summed E-state index contributed by atoms with van der Waals surface area (Å²) in [5.74, 6) is -0.590. The molecule has 0 saturated heterocycles. The number of para-hydroxylation sites is 1. The fourth-order valence-electron chi connectivity index (χ4n) is 3.11. The van der Waals surface area contributed by atoms with Crippen molar-refractivity contribution in [2.24, 2.45) is 0 Å². The van der Waals surface area contributed by atoms with E-state index in [-0.39, 0.29) is 48.6 Å². The van der Waals surface area contributed by atoms with E-state index in [4.69, 9.17) is 9.26 Å². The number of benzene rings is 1. The van der Waals surface area contributed by atoms with E-state index in [1.807, 2.05) is 6.92 Å². The van der Waals surface area contributed by atoms with Gasteiger partial charge in [0, 0.05) is 13.1 Å². The van der Waals surface area contributed by atoms with Crippen molar-refractivity contribution in [2.75, 3.05) is 19.7 Å². The van der Waals surface area contributed by atoms with Gasteiger partial charge < -0.3 is 19.9 Å². The maximum Gasteiger partial charge on any atom is 0.316 e. The number of amides is 2. The van der Waals surface area contributed by atoms with Gasteiger partial charge in [-0.3, -0.25) is 24.4 Å². The molecule has 2 heterocycles. The summed E-state index contributed by atoms with van der Waals surface area (Å²) in [6, 6.07) is 6.86. The van der Waals surface area contributed by atoms with Gasteiger partial charge in [-0.1, -0.05) is 17.3 Å². The van der Waals surface area contributed by atoms with E-state index in [2.05, 4.69) is 25.9 Å². The first kappa shape index (κ1) is 23.4. The molecule has 2 aromatic heterocycles. The molecule has 3 rings (SSSR count).